The van der Waals surface area contributed by atoms with Gasteiger partial charge in [0, 0.05) is 19.3 Å². The highest BCUT2D eigenvalue weighted by Gasteiger charge is 2.19. The van der Waals surface area contributed by atoms with Crippen molar-refractivity contribution < 1.29 is 28.6 Å². The van der Waals surface area contributed by atoms with Crippen molar-refractivity contribution in [3.63, 3.8) is 0 Å². The molecule has 0 fully saturated rings. The van der Waals surface area contributed by atoms with E-state index < -0.39 is 6.10 Å². The van der Waals surface area contributed by atoms with Gasteiger partial charge in [0.25, 0.3) is 0 Å². The zero-order valence-corrected chi connectivity index (χ0v) is 42.0. The number of hydrogen-bond donors (Lipinski definition) is 0. The van der Waals surface area contributed by atoms with Gasteiger partial charge in [0.05, 0.1) is 0 Å². The summed E-state index contributed by atoms with van der Waals surface area (Å²) in [5, 5.41) is 0. The van der Waals surface area contributed by atoms with Crippen LogP contribution in [0.15, 0.2) is 0 Å². The van der Waals surface area contributed by atoms with Crippen molar-refractivity contribution in [2.75, 3.05) is 13.2 Å². The summed E-state index contributed by atoms with van der Waals surface area (Å²) >= 11 is 0. The zero-order chi connectivity index (χ0) is 44.9. The largest absolute Gasteiger partial charge is 0.462 e. The summed E-state index contributed by atoms with van der Waals surface area (Å²) in [5.41, 5.74) is 0. The van der Waals surface area contributed by atoms with E-state index in [0.717, 1.165) is 75.5 Å². The van der Waals surface area contributed by atoms with Crippen molar-refractivity contribution in [2.45, 2.75) is 304 Å². The predicted molar refractivity (Wildman–Crippen MR) is 261 cm³/mol. The van der Waals surface area contributed by atoms with Crippen LogP contribution >= 0.6 is 0 Å². The molecule has 0 radical (unpaired) electrons. The van der Waals surface area contributed by atoms with Crippen LogP contribution in [0.1, 0.15) is 298 Å². The Labute approximate surface area is 380 Å². The molecule has 0 aromatic heterocycles. The molecule has 0 heterocycles. The van der Waals surface area contributed by atoms with Crippen LogP contribution < -0.4 is 0 Å². The van der Waals surface area contributed by atoms with Gasteiger partial charge in [-0.2, -0.15) is 0 Å². The third-order valence-electron chi connectivity index (χ3n) is 12.8. The van der Waals surface area contributed by atoms with Crippen molar-refractivity contribution in [3.8, 4) is 0 Å². The molecule has 0 aromatic rings. The van der Waals surface area contributed by atoms with Crippen molar-refractivity contribution in [1.29, 1.82) is 0 Å². The molecule has 0 aromatic carbocycles. The van der Waals surface area contributed by atoms with Crippen LogP contribution in [0.5, 0.6) is 0 Å². The Morgan fingerprint density at radius 2 is 0.574 bits per heavy atom. The molecule has 61 heavy (non-hydrogen) atoms. The fourth-order valence-electron chi connectivity index (χ4n) is 8.26. The van der Waals surface area contributed by atoms with Crippen LogP contribution in [-0.4, -0.2) is 37.2 Å². The van der Waals surface area contributed by atoms with Crippen LogP contribution in [-0.2, 0) is 28.6 Å². The molecule has 0 N–H and O–H groups in total. The van der Waals surface area contributed by atoms with Gasteiger partial charge in [-0.3, -0.25) is 14.4 Å². The Morgan fingerprint density at radius 3 is 0.852 bits per heavy atom. The van der Waals surface area contributed by atoms with E-state index in [0.29, 0.717) is 19.3 Å². The average molecular weight is 863 g/mol. The number of esters is 3. The predicted octanol–water partition coefficient (Wildman–Crippen LogP) is 17.6. The summed E-state index contributed by atoms with van der Waals surface area (Å²) in [4.78, 5) is 38.0. The van der Waals surface area contributed by atoms with Gasteiger partial charge in [-0.15, -0.1) is 0 Å². The number of hydrogen-bond acceptors (Lipinski definition) is 6. The maximum atomic E-state index is 12.8. The highest BCUT2D eigenvalue weighted by atomic mass is 16.6. The molecule has 0 bridgehead atoms. The maximum absolute atomic E-state index is 12.8. The third-order valence-corrected chi connectivity index (χ3v) is 12.8. The molecule has 0 aliphatic rings. The minimum absolute atomic E-state index is 0.0646. The molecule has 362 valence electrons. The van der Waals surface area contributed by atoms with Gasteiger partial charge in [-0.05, 0) is 37.0 Å². The van der Waals surface area contributed by atoms with E-state index in [1.807, 2.05) is 0 Å². The lowest BCUT2D eigenvalue weighted by Gasteiger charge is -2.18. The summed E-state index contributed by atoms with van der Waals surface area (Å²) in [6, 6.07) is 0. The lowest BCUT2D eigenvalue weighted by atomic mass is 9.99. The molecular formula is C55H106O6. The van der Waals surface area contributed by atoms with Gasteiger partial charge in [0.2, 0.25) is 0 Å². The number of carbonyl (C=O) groups excluding carboxylic acids is 3. The van der Waals surface area contributed by atoms with Crippen molar-refractivity contribution in [2.24, 2.45) is 17.8 Å². The van der Waals surface area contributed by atoms with Crippen LogP contribution in [0.4, 0.5) is 0 Å². The molecule has 0 rings (SSSR count). The lowest BCUT2D eigenvalue weighted by Crippen LogP contribution is -2.30. The van der Waals surface area contributed by atoms with E-state index in [1.54, 1.807) is 0 Å². The first kappa shape index (κ1) is 59.4. The van der Waals surface area contributed by atoms with Gasteiger partial charge in [-0.25, -0.2) is 0 Å². The van der Waals surface area contributed by atoms with E-state index in [9.17, 15) is 14.4 Å². The normalized spacial score (nSPS) is 12.6. The first-order chi connectivity index (χ1) is 29.6. The van der Waals surface area contributed by atoms with Gasteiger partial charge in [0.15, 0.2) is 6.10 Å². The summed E-state index contributed by atoms with van der Waals surface area (Å²) in [6.07, 6.45) is 46.6. The highest BCUT2D eigenvalue weighted by molar-refractivity contribution is 5.71. The van der Waals surface area contributed by atoms with E-state index in [1.165, 1.54) is 180 Å². The van der Waals surface area contributed by atoms with Crippen molar-refractivity contribution >= 4 is 17.9 Å². The number of rotatable bonds is 48. The van der Waals surface area contributed by atoms with Crippen molar-refractivity contribution in [3.05, 3.63) is 0 Å². The fraction of sp³-hybridized carbons (Fsp3) is 0.945. The number of ether oxygens (including phenoxy) is 3. The quantitative estimate of drug-likeness (QED) is 0.0344. The molecule has 0 spiro atoms. The van der Waals surface area contributed by atoms with Gasteiger partial charge in [-0.1, -0.05) is 260 Å². The Bertz CT molecular complexity index is 947. The summed E-state index contributed by atoms with van der Waals surface area (Å²) in [6.45, 7) is 13.7. The summed E-state index contributed by atoms with van der Waals surface area (Å²) in [5.74, 6) is 1.66. The Morgan fingerprint density at radius 1 is 0.328 bits per heavy atom. The van der Waals surface area contributed by atoms with E-state index in [2.05, 4.69) is 41.5 Å². The molecule has 6 nitrogen and oxygen atoms in total. The van der Waals surface area contributed by atoms with E-state index in [-0.39, 0.29) is 31.1 Å². The average Bonchev–Trinajstić information content (AvgIpc) is 3.23. The van der Waals surface area contributed by atoms with E-state index in [4.69, 9.17) is 14.2 Å². The van der Waals surface area contributed by atoms with Crippen LogP contribution in [0.2, 0.25) is 0 Å². The highest BCUT2D eigenvalue weighted by Crippen LogP contribution is 2.18. The monoisotopic (exact) mass is 863 g/mol. The molecule has 0 aliphatic carbocycles. The Kier molecular flexibility index (Phi) is 45.2. The molecule has 0 aliphatic heterocycles. The van der Waals surface area contributed by atoms with Gasteiger partial charge < -0.3 is 14.2 Å². The minimum Gasteiger partial charge on any atom is -0.462 e. The van der Waals surface area contributed by atoms with E-state index >= 15 is 0 Å². The standard InChI is InChI=1S/C55H106O6/c1-7-51(6)43-37-31-25-18-14-10-8-9-11-15-19-26-32-38-44-53(56)59-47-52(61-55(58)46-40-34-28-22-21-24-30-36-42-50(4)5)48-60-54(57)45-39-33-27-20-16-12-13-17-23-29-35-41-49(2)3/h49-52H,7-48H2,1-6H3/t51?,52-/m1/s1. The van der Waals surface area contributed by atoms with Crippen molar-refractivity contribution in [1.82, 2.24) is 0 Å². The number of carbonyl (C=O) groups is 3. The first-order valence-corrected chi connectivity index (χ1v) is 27.1. The summed E-state index contributed by atoms with van der Waals surface area (Å²) < 4.78 is 16.8. The second-order valence-electron chi connectivity index (χ2n) is 20.1. The SMILES string of the molecule is CCC(C)CCCCCCCCCCCCCCCCC(=O)OC[C@H](COC(=O)CCCCCCCCCCCCCC(C)C)OC(=O)CCCCCCCCCCC(C)C. The van der Waals surface area contributed by atoms with Gasteiger partial charge >= 0.3 is 17.9 Å². The lowest BCUT2D eigenvalue weighted by molar-refractivity contribution is -0.167. The molecule has 2 atom stereocenters. The third kappa shape index (κ3) is 47.7. The zero-order valence-electron chi connectivity index (χ0n) is 42.0. The molecule has 6 heteroatoms. The fourth-order valence-corrected chi connectivity index (χ4v) is 8.26. The number of unbranched alkanes of at least 4 members (excludes halogenated alkanes) is 30. The Balaban J connectivity index is 4.27. The second kappa shape index (κ2) is 46.4. The topological polar surface area (TPSA) is 78.9 Å². The van der Waals surface area contributed by atoms with Crippen LogP contribution in [0.25, 0.3) is 0 Å². The Hall–Kier alpha value is -1.59. The molecule has 0 saturated heterocycles. The van der Waals surface area contributed by atoms with Crippen LogP contribution in [0.3, 0.4) is 0 Å². The first-order valence-electron chi connectivity index (χ1n) is 27.1. The second-order valence-corrected chi connectivity index (χ2v) is 20.1. The molecular weight excluding hydrogens is 757 g/mol. The molecule has 1 unspecified atom stereocenters. The van der Waals surface area contributed by atoms with Gasteiger partial charge in [0.1, 0.15) is 13.2 Å². The summed E-state index contributed by atoms with van der Waals surface area (Å²) in [7, 11) is 0. The minimum atomic E-state index is -0.763. The van der Waals surface area contributed by atoms with Crippen LogP contribution in [0, 0.1) is 17.8 Å². The molecule has 0 saturated carbocycles. The molecule has 0 amide bonds. The smallest absolute Gasteiger partial charge is 0.306 e. The maximum Gasteiger partial charge on any atom is 0.306 e.